The Hall–Kier alpha value is -2.90. The number of amides is 2. The number of benzene rings is 2. The third-order valence-corrected chi connectivity index (χ3v) is 4.81. The topological polar surface area (TPSA) is 87.7 Å². The van der Waals surface area contributed by atoms with E-state index in [2.05, 4.69) is 5.32 Å². The molecule has 3 aromatic rings. The van der Waals surface area contributed by atoms with Crippen LogP contribution in [0.3, 0.4) is 0 Å². The SMILES string of the molecule is COc1cccc(CNC(=O)c2ccc3sc(C(=O)NO)cc3c2)c1. The molecule has 0 fully saturated rings. The van der Waals surface area contributed by atoms with Crippen molar-refractivity contribution in [1.82, 2.24) is 10.8 Å². The van der Waals surface area contributed by atoms with Crippen LogP contribution in [0.15, 0.2) is 48.5 Å². The Bertz CT molecular complexity index is 936. The molecule has 0 unspecified atom stereocenters. The van der Waals surface area contributed by atoms with E-state index < -0.39 is 5.91 Å². The summed E-state index contributed by atoms with van der Waals surface area (Å²) in [5, 5.41) is 12.3. The summed E-state index contributed by atoms with van der Waals surface area (Å²) >= 11 is 1.25. The zero-order valence-electron chi connectivity index (χ0n) is 13.4. The number of rotatable bonds is 5. The molecule has 25 heavy (non-hydrogen) atoms. The number of carbonyl (C=O) groups is 2. The number of carbonyl (C=O) groups excluding carboxylic acids is 2. The largest absolute Gasteiger partial charge is 0.497 e. The van der Waals surface area contributed by atoms with Gasteiger partial charge in [-0.05, 0) is 47.3 Å². The molecule has 0 atom stereocenters. The van der Waals surface area contributed by atoms with Crippen LogP contribution in [0, 0.1) is 0 Å². The summed E-state index contributed by atoms with van der Waals surface area (Å²) in [5.41, 5.74) is 3.05. The van der Waals surface area contributed by atoms with Gasteiger partial charge in [0.2, 0.25) is 0 Å². The molecule has 3 rings (SSSR count). The maximum atomic E-state index is 12.4. The smallest absolute Gasteiger partial charge is 0.284 e. The van der Waals surface area contributed by atoms with E-state index in [0.29, 0.717) is 17.0 Å². The van der Waals surface area contributed by atoms with Gasteiger partial charge in [0, 0.05) is 16.8 Å². The first-order valence-electron chi connectivity index (χ1n) is 7.50. The average Bonchev–Trinajstić information content (AvgIpc) is 3.08. The van der Waals surface area contributed by atoms with Crippen LogP contribution in [0.25, 0.3) is 10.1 Å². The van der Waals surface area contributed by atoms with E-state index in [1.807, 2.05) is 24.3 Å². The van der Waals surface area contributed by atoms with Gasteiger partial charge in [-0.1, -0.05) is 12.1 Å². The quantitative estimate of drug-likeness (QED) is 0.484. The van der Waals surface area contributed by atoms with Gasteiger partial charge < -0.3 is 10.1 Å². The van der Waals surface area contributed by atoms with Gasteiger partial charge in [0.1, 0.15) is 5.75 Å². The maximum Gasteiger partial charge on any atom is 0.284 e. The monoisotopic (exact) mass is 356 g/mol. The fourth-order valence-corrected chi connectivity index (χ4v) is 3.35. The summed E-state index contributed by atoms with van der Waals surface area (Å²) in [7, 11) is 1.60. The van der Waals surface area contributed by atoms with Gasteiger partial charge >= 0.3 is 0 Å². The first-order valence-corrected chi connectivity index (χ1v) is 8.31. The fourth-order valence-electron chi connectivity index (χ4n) is 2.42. The first-order chi connectivity index (χ1) is 12.1. The number of ether oxygens (including phenoxy) is 1. The third-order valence-electron chi connectivity index (χ3n) is 3.69. The van der Waals surface area contributed by atoms with Crippen molar-refractivity contribution in [1.29, 1.82) is 0 Å². The Kier molecular flexibility index (Phi) is 4.97. The van der Waals surface area contributed by atoms with Crippen LogP contribution in [0.5, 0.6) is 5.75 Å². The zero-order valence-corrected chi connectivity index (χ0v) is 14.2. The van der Waals surface area contributed by atoms with Crippen molar-refractivity contribution in [3.8, 4) is 5.75 Å². The van der Waals surface area contributed by atoms with Crippen molar-refractivity contribution in [2.45, 2.75) is 6.54 Å². The van der Waals surface area contributed by atoms with E-state index in [1.54, 1.807) is 36.9 Å². The van der Waals surface area contributed by atoms with Gasteiger partial charge in [0.05, 0.1) is 12.0 Å². The molecule has 2 amide bonds. The van der Waals surface area contributed by atoms with Gasteiger partial charge in [-0.15, -0.1) is 11.3 Å². The maximum absolute atomic E-state index is 12.4. The minimum atomic E-state index is -0.565. The molecule has 0 spiro atoms. The fraction of sp³-hybridized carbons (Fsp3) is 0.111. The van der Waals surface area contributed by atoms with E-state index in [9.17, 15) is 9.59 Å². The lowest BCUT2D eigenvalue weighted by Gasteiger charge is -2.07. The Labute approximate surface area is 148 Å². The van der Waals surface area contributed by atoms with E-state index in [-0.39, 0.29) is 5.91 Å². The lowest BCUT2D eigenvalue weighted by molar-refractivity contribution is 0.0711. The molecule has 0 aliphatic rings. The number of hydrogen-bond donors (Lipinski definition) is 3. The average molecular weight is 356 g/mol. The highest BCUT2D eigenvalue weighted by molar-refractivity contribution is 7.20. The zero-order chi connectivity index (χ0) is 17.8. The summed E-state index contributed by atoms with van der Waals surface area (Å²) in [5.74, 6) is -0.0320. The van der Waals surface area contributed by atoms with E-state index in [1.165, 1.54) is 11.3 Å². The molecule has 6 nitrogen and oxygen atoms in total. The molecule has 7 heteroatoms. The van der Waals surface area contributed by atoms with Crippen LogP contribution in [0.2, 0.25) is 0 Å². The van der Waals surface area contributed by atoms with Crippen LogP contribution >= 0.6 is 11.3 Å². The Morgan fingerprint density at radius 1 is 1.12 bits per heavy atom. The second-order valence-electron chi connectivity index (χ2n) is 5.34. The van der Waals surface area contributed by atoms with E-state index in [0.717, 1.165) is 21.4 Å². The Balaban J connectivity index is 1.74. The van der Waals surface area contributed by atoms with Crippen molar-refractivity contribution in [3.05, 3.63) is 64.5 Å². The van der Waals surface area contributed by atoms with Gasteiger partial charge in [0.25, 0.3) is 11.8 Å². The number of hydrogen-bond acceptors (Lipinski definition) is 5. The van der Waals surface area contributed by atoms with Crippen LogP contribution < -0.4 is 15.5 Å². The number of methoxy groups -OCH3 is 1. The minimum Gasteiger partial charge on any atom is -0.497 e. The molecule has 1 heterocycles. The highest BCUT2D eigenvalue weighted by Crippen LogP contribution is 2.26. The molecular weight excluding hydrogens is 340 g/mol. The summed E-state index contributed by atoms with van der Waals surface area (Å²) in [4.78, 5) is 24.2. The van der Waals surface area contributed by atoms with Crippen molar-refractivity contribution in [2.24, 2.45) is 0 Å². The Morgan fingerprint density at radius 2 is 1.96 bits per heavy atom. The van der Waals surface area contributed by atoms with Gasteiger partial charge in [-0.25, -0.2) is 5.48 Å². The van der Waals surface area contributed by atoms with Crippen LogP contribution in [0.1, 0.15) is 25.6 Å². The summed E-state index contributed by atoms with van der Waals surface area (Å²) in [6.45, 7) is 0.385. The molecule has 0 bridgehead atoms. The van der Waals surface area contributed by atoms with Crippen molar-refractivity contribution >= 4 is 33.2 Å². The van der Waals surface area contributed by atoms with Gasteiger partial charge in [-0.3, -0.25) is 14.8 Å². The second-order valence-corrected chi connectivity index (χ2v) is 6.42. The summed E-state index contributed by atoms with van der Waals surface area (Å²) < 4.78 is 6.03. The summed E-state index contributed by atoms with van der Waals surface area (Å²) in [6, 6.07) is 14.3. The molecule has 2 aromatic carbocycles. The number of fused-ring (bicyclic) bond motifs is 1. The number of hydroxylamine groups is 1. The standard InChI is InChI=1S/C18H16N2O4S/c1-24-14-4-2-3-11(7-14)10-19-17(21)12-5-6-15-13(8-12)9-16(25-15)18(22)20-23/h2-9,23H,10H2,1H3,(H,19,21)(H,20,22). The van der Waals surface area contributed by atoms with Gasteiger partial charge in [-0.2, -0.15) is 0 Å². The molecule has 0 saturated carbocycles. The predicted octanol–water partition coefficient (Wildman–Crippen LogP) is 2.96. The molecule has 128 valence electrons. The molecule has 3 N–H and O–H groups in total. The van der Waals surface area contributed by atoms with Crippen molar-refractivity contribution in [3.63, 3.8) is 0 Å². The highest BCUT2D eigenvalue weighted by atomic mass is 32.1. The van der Waals surface area contributed by atoms with Crippen LogP contribution in [0.4, 0.5) is 0 Å². The van der Waals surface area contributed by atoms with E-state index in [4.69, 9.17) is 9.94 Å². The first kappa shape index (κ1) is 16.9. The lowest BCUT2D eigenvalue weighted by atomic mass is 10.1. The predicted molar refractivity (Wildman–Crippen MR) is 95.2 cm³/mol. The van der Waals surface area contributed by atoms with E-state index >= 15 is 0 Å². The lowest BCUT2D eigenvalue weighted by Crippen LogP contribution is -2.22. The van der Waals surface area contributed by atoms with Crippen molar-refractivity contribution in [2.75, 3.05) is 7.11 Å². The molecule has 0 aliphatic carbocycles. The third kappa shape index (κ3) is 3.78. The summed E-state index contributed by atoms with van der Waals surface area (Å²) in [6.07, 6.45) is 0. The number of nitrogens with one attached hydrogen (secondary N) is 2. The highest BCUT2D eigenvalue weighted by Gasteiger charge is 2.12. The number of thiophene rings is 1. The molecule has 0 radical (unpaired) electrons. The normalized spacial score (nSPS) is 10.5. The van der Waals surface area contributed by atoms with Crippen LogP contribution in [-0.4, -0.2) is 24.1 Å². The minimum absolute atomic E-state index is 0.205. The van der Waals surface area contributed by atoms with Crippen molar-refractivity contribution < 1.29 is 19.5 Å². The molecule has 1 aromatic heterocycles. The van der Waals surface area contributed by atoms with Crippen LogP contribution in [-0.2, 0) is 6.54 Å². The molecule has 0 saturated heterocycles. The molecular formula is C18H16N2O4S. The van der Waals surface area contributed by atoms with Gasteiger partial charge in [0.15, 0.2) is 0 Å². The second kappa shape index (κ2) is 7.33. The molecule has 0 aliphatic heterocycles. The Morgan fingerprint density at radius 3 is 2.72 bits per heavy atom.